The molecule has 1 aliphatic carbocycles. The summed E-state index contributed by atoms with van der Waals surface area (Å²) in [6, 6.07) is 0.214. The van der Waals surface area contributed by atoms with Gasteiger partial charge in [0.25, 0.3) is 0 Å². The maximum Gasteiger partial charge on any atom is 0.225 e. The Kier molecular flexibility index (Phi) is 7.49. The van der Waals surface area contributed by atoms with Crippen LogP contribution in [0, 0.1) is 5.92 Å². The topological polar surface area (TPSA) is 103 Å². The Morgan fingerprint density at radius 3 is 2.56 bits per heavy atom. The number of hydrogen-bond donors (Lipinski definition) is 3. The van der Waals surface area contributed by atoms with Gasteiger partial charge in [0.15, 0.2) is 5.96 Å². The van der Waals surface area contributed by atoms with Crippen LogP contribution in [0.3, 0.4) is 0 Å². The normalized spacial score (nSPS) is 22.4. The van der Waals surface area contributed by atoms with E-state index in [0.717, 1.165) is 38.6 Å². The molecule has 3 N–H and O–H groups in total. The van der Waals surface area contributed by atoms with Gasteiger partial charge in [-0.2, -0.15) is 0 Å². The summed E-state index contributed by atoms with van der Waals surface area (Å²) in [4.78, 5) is 18.7. The molecule has 1 saturated carbocycles. The lowest BCUT2D eigenvalue weighted by Crippen LogP contribution is -2.46. The third kappa shape index (κ3) is 6.81. The second-order valence-corrected chi connectivity index (χ2v) is 8.75. The number of hydrogen-bond acceptors (Lipinski definition) is 4. The number of rotatable bonds is 7. The van der Waals surface area contributed by atoms with Crippen molar-refractivity contribution in [1.29, 1.82) is 0 Å². The number of sulfonamides is 1. The summed E-state index contributed by atoms with van der Waals surface area (Å²) in [6.45, 7) is 2.56. The largest absolute Gasteiger partial charge is 0.356 e. The minimum atomic E-state index is -3.13. The van der Waals surface area contributed by atoms with Crippen molar-refractivity contribution in [1.82, 2.24) is 20.3 Å². The molecule has 1 unspecified atom stereocenters. The van der Waals surface area contributed by atoms with E-state index < -0.39 is 10.0 Å². The molecule has 1 atom stereocenters. The first kappa shape index (κ1) is 20.0. The molecule has 1 amide bonds. The zero-order chi connectivity index (χ0) is 18.3. The van der Waals surface area contributed by atoms with E-state index >= 15 is 0 Å². The summed E-state index contributed by atoms with van der Waals surface area (Å²) >= 11 is 0. The highest BCUT2D eigenvalue weighted by Gasteiger charge is 2.32. The van der Waals surface area contributed by atoms with Crippen LogP contribution >= 0.6 is 0 Å². The molecule has 0 bridgehead atoms. The number of likely N-dealkylation sites (tertiary alicyclic amines) is 1. The van der Waals surface area contributed by atoms with Crippen molar-refractivity contribution in [2.75, 3.05) is 39.5 Å². The molecule has 0 radical (unpaired) electrons. The van der Waals surface area contributed by atoms with E-state index in [1.54, 1.807) is 7.05 Å². The molecular weight excluding hydrogens is 342 g/mol. The Hall–Kier alpha value is -1.35. The molecule has 0 aromatic heterocycles. The molecule has 8 nitrogen and oxygen atoms in total. The highest BCUT2D eigenvalue weighted by Crippen LogP contribution is 2.27. The van der Waals surface area contributed by atoms with Gasteiger partial charge >= 0.3 is 0 Å². The van der Waals surface area contributed by atoms with Crippen molar-refractivity contribution in [3.05, 3.63) is 0 Å². The van der Waals surface area contributed by atoms with E-state index in [1.165, 1.54) is 12.8 Å². The Balaban J connectivity index is 1.67. The highest BCUT2D eigenvalue weighted by molar-refractivity contribution is 7.88. The van der Waals surface area contributed by atoms with Crippen LogP contribution in [0.4, 0.5) is 0 Å². The maximum atomic E-state index is 12.5. The fraction of sp³-hybridized carbons (Fsp3) is 0.875. The van der Waals surface area contributed by atoms with E-state index in [1.807, 2.05) is 4.90 Å². The third-order valence-corrected chi connectivity index (χ3v) is 5.51. The fourth-order valence-electron chi connectivity index (χ4n) is 3.45. The monoisotopic (exact) mass is 373 g/mol. The van der Waals surface area contributed by atoms with Crippen LogP contribution in [0.25, 0.3) is 0 Å². The van der Waals surface area contributed by atoms with Gasteiger partial charge < -0.3 is 15.5 Å². The van der Waals surface area contributed by atoms with Crippen molar-refractivity contribution in [2.45, 2.75) is 44.6 Å². The van der Waals surface area contributed by atoms with E-state index in [0.29, 0.717) is 31.4 Å². The second kappa shape index (κ2) is 9.38. The lowest BCUT2D eigenvalue weighted by Gasteiger charge is -2.21. The number of aliphatic imine (C=N–C) groups is 1. The van der Waals surface area contributed by atoms with Gasteiger partial charge in [0.2, 0.25) is 15.9 Å². The summed E-state index contributed by atoms with van der Waals surface area (Å²) in [6.07, 6.45) is 7.18. The lowest BCUT2D eigenvalue weighted by molar-refractivity contribution is -0.134. The first-order chi connectivity index (χ1) is 11.9. The zero-order valence-electron chi connectivity index (χ0n) is 15.3. The SMILES string of the molecule is CN=C(NCCCNS(C)(=O)=O)NC1CCN(C(=O)C2CCCC2)C1. The van der Waals surface area contributed by atoms with Gasteiger partial charge in [0.1, 0.15) is 0 Å². The fourth-order valence-corrected chi connectivity index (χ4v) is 3.97. The molecule has 0 aromatic carbocycles. The van der Waals surface area contributed by atoms with Gasteiger partial charge in [-0.3, -0.25) is 9.79 Å². The molecule has 2 fully saturated rings. The minimum absolute atomic E-state index is 0.214. The van der Waals surface area contributed by atoms with Crippen LogP contribution in [-0.4, -0.2) is 70.7 Å². The molecule has 0 aromatic rings. The number of carbonyl (C=O) groups excluding carboxylic acids is 1. The highest BCUT2D eigenvalue weighted by atomic mass is 32.2. The van der Waals surface area contributed by atoms with Crippen LogP contribution in [0.15, 0.2) is 4.99 Å². The quantitative estimate of drug-likeness (QED) is 0.328. The zero-order valence-corrected chi connectivity index (χ0v) is 16.1. The van der Waals surface area contributed by atoms with Crippen molar-refractivity contribution in [3.63, 3.8) is 0 Å². The van der Waals surface area contributed by atoms with Gasteiger partial charge in [-0.05, 0) is 25.7 Å². The first-order valence-electron chi connectivity index (χ1n) is 9.09. The summed E-state index contributed by atoms with van der Waals surface area (Å²) in [5, 5.41) is 6.54. The van der Waals surface area contributed by atoms with Crippen LogP contribution in [0.5, 0.6) is 0 Å². The number of nitrogens with one attached hydrogen (secondary N) is 3. The molecule has 1 heterocycles. The van der Waals surface area contributed by atoms with E-state index in [2.05, 4.69) is 20.3 Å². The van der Waals surface area contributed by atoms with Gasteiger partial charge in [-0.1, -0.05) is 12.8 Å². The van der Waals surface area contributed by atoms with Crippen molar-refractivity contribution in [2.24, 2.45) is 10.9 Å². The van der Waals surface area contributed by atoms with Crippen LogP contribution in [-0.2, 0) is 14.8 Å². The molecule has 25 heavy (non-hydrogen) atoms. The Labute approximate surface area is 150 Å². The number of carbonyl (C=O) groups is 1. The van der Waals surface area contributed by atoms with Gasteiger partial charge in [-0.25, -0.2) is 13.1 Å². The molecule has 9 heteroatoms. The summed E-state index contributed by atoms with van der Waals surface area (Å²) in [5.74, 6) is 1.25. The average molecular weight is 374 g/mol. The predicted octanol–water partition coefficient (Wildman–Crippen LogP) is -0.118. The van der Waals surface area contributed by atoms with Crippen LogP contribution in [0.2, 0.25) is 0 Å². The molecule has 2 rings (SSSR count). The standard InChI is InChI=1S/C16H31N5O3S/c1-17-16(18-9-5-10-19-25(2,23)24)20-14-8-11-21(12-14)15(22)13-6-3-4-7-13/h13-14,19H,3-12H2,1-2H3,(H2,17,18,20). The third-order valence-electron chi connectivity index (χ3n) is 4.78. The smallest absolute Gasteiger partial charge is 0.225 e. The molecule has 0 spiro atoms. The Morgan fingerprint density at radius 1 is 1.20 bits per heavy atom. The first-order valence-corrected chi connectivity index (χ1v) is 11.0. The van der Waals surface area contributed by atoms with Gasteiger partial charge in [0.05, 0.1) is 6.26 Å². The summed E-state index contributed by atoms with van der Waals surface area (Å²) < 4.78 is 24.5. The average Bonchev–Trinajstić information content (AvgIpc) is 3.23. The number of nitrogens with zero attached hydrogens (tertiary/aromatic N) is 2. The van der Waals surface area contributed by atoms with E-state index in [9.17, 15) is 13.2 Å². The van der Waals surface area contributed by atoms with E-state index in [4.69, 9.17) is 0 Å². The summed E-state index contributed by atoms with van der Waals surface area (Å²) in [5.41, 5.74) is 0. The minimum Gasteiger partial charge on any atom is -0.356 e. The molecule has 144 valence electrons. The van der Waals surface area contributed by atoms with E-state index in [-0.39, 0.29) is 12.0 Å². The number of guanidine groups is 1. The molecule has 2 aliphatic rings. The Bertz CT molecular complexity index is 572. The lowest BCUT2D eigenvalue weighted by atomic mass is 10.1. The molecule has 1 saturated heterocycles. The van der Waals surface area contributed by atoms with Crippen molar-refractivity contribution >= 4 is 21.9 Å². The van der Waals surface area contributed by atoms with Crippen LogP contribution < -0.4 is 15.4 Å². The van der Waals surface area contributed by atoms with Crippen molar-refractivity contribution in [3.8, 4) is 0 Å². The van der Waals surface area contributed by atoms with Crippen molar-refractivity contribution < 1.29 is 13.2 Å². The molecule has 1 aliphatic heterocycles. The van der Waals surface area contributed by atoms with Gasteiger partial charge in [-0.15, -0.1) is 0 Å². The number of amides is 1. The maximum absolute atomic E-state index is 12.5. The molecular formula is C16H31N5O3S. The summed E-state index contributed by atoms with van der Waals surface area (Å²) in [7, 11) is -1.42. The van der Waals surface area contributed by atoms with Crippen LogP contribution in [0.1, 0.15) is 38.5 Å². The second-order valence-electron chi connectivity index (χ2n) is 6.91. The Morgan fingerprint density at radius 2 is 1.92 bits per heavy atom. The van der Waals surface area contributed by atoms with Gasteiger partial charge in [0, 0.05) is 45.2 Å². The predicted molar refractivity (Wildman–Crippen MR) is 98.9 cm³/mol.